The molecule has 0 spiro atoms. The summed E-state index contributed by atoms with van der Waals surface area (Å²) in [5, 5.41) is 4.86. The average molecular weight is 246 g/mol. The number of aromatic nitrogens is 2. The monoisotopic (exact) mass is 246 g/mol. The molecule has 0 saturated heterocycles. The Morgan fingerprint density at radius 2 is 1.78 bits per heavy atom. The highest BCUT2D eigenvalue weighted by Gasteiger charge is 2.05. The zero-order valence-electron chi connectivity index (χ0n) is 9.19. The number of anilines is 2. The van der Waals surface area contributed by atoms with Crippen molar-refractivity contribution in [1.29, 1.82) is 0 Å². The molecule has 1 aromatic heterocycles. The Balaban J connectivity index is 2.08. The third-order valence-electron chi connectivity index (χ3n) is 2.10. The van der Waals surface area contributed by atoms with Gasteiger partial charge in [0.15, 0.2) is 0 Å². The van der Waals surface area contributed by atoms with Gasteiger partial charge in [-0.3, -0.25) is 9.78 Å². The van der Waals surface area contributed by atoms with Crippen molar-refractivity contribution in [3.05, 3.63) is 57.4 Å². The van der Waals surface area contributed by atoms with Gasteiger partial charge >= 0.3 is 11.7 Å². The van der Waals surface area contributed by atoms with Crippen LogP contribution in [-0.2, 0) is 0 Å². The molecule has 1 heterocycles. The summed E-state index contributed by atoms with van der Waals surface area (Å²) in [4.78, 5) is 37.9. The van der Waals surface area contributed by atoms with Gasteiger partial charge in [0.25, 0.3) is 5.56 Å². The Morgan fingerprint density at radius 1 is 1.06 bits per heavy atom. The van der Waals surface area contributed by atoms with Crippen LogP contribution in [0, 0.1) is 0 Å². The largest absolute Gasteiger partial charge is 0.325 e. The van der Waals surface area contributed by atoms with Crippen molar-refractivity contribution in [3.63, 3.8) is 0 Å². The van der Waals surface area contributed by atoms with Crippen molar-refractivity contribution in [3.8, 4) is 0 Å². The summed E-state index contributed by atoms with van der Waals surface area (Å²) in [7, 11) is 0. The van der Waals surface area contributed by atoms with Crippen LogP contribution in [-0.4, -0.2) is 16.0 Å². The number of para-hydroxylation sites is 1. The van der Waals surface area contributed by atoms with E-state index in [-0.39, 0.29) is 5.69 Å². The van der Waals surface area contributed by atoms with E-state index in [1.807, 2.05) is 11.1 Å². The highest BCUT2D eigenvalue weighted by atomic mass is 16.2. The van der Waals surface area contributed by atoms with Gasteiger partial charge in [0, 0.05) is 11.9 Å². The van der Waals surface area contributed by atoms with Crippen LogP contribution in [0.25, 0.3) is 0 Å². The molecule has 0 atom stereocenters. The Hall–Kier alpha value is -2.83. The topological polar surface area (TPSA) is 107 Å². The number of benzene rings is 1. The summed E-state index contributed by atoms with van der Waals surface area (Å²) in [6.07, 6.45) is 1.13. The Morgan fingerprint density at radius 3 is 2.44 bits per heavy atom. The fourth-order valence-corrected chi connectivity index (χ4v) is 1.31. The molecule has 0 saturated carbocycles. The number of hydrogen-bond acceptors (Lipinski definition) is 3. The Labute approximate surface area is 101 Å². The Kier molecular flexibility index (Phi) is 3.24. The molecule has 1 aromatic carbocycles. The molecule has 2 amide bonds. The van der Waals surface area contributed by atoms with Crippen LogP contribution < -0.4 is 21.9 Å². The molecule has 0 aliphatic carbocycles. The summed E-state index contributed by atoms with van der Waals surface area (Å²) < 4.78 is 0. The van der Waals surface area contributed by atoms with Gasteiger partial charge in [-0.15, -0.1) is 0 Å². The van der Waals surface area contributed by atoms with E-state index in [0.29, 0.717) is 5.69 Å². The highest BCUT2D eigenvalue weighted by Crippen LogP contribution is 2.05. The summed E-state index contributed by atoms with van der Waals surface area (Å²) in [5.41, 5.74) is -0.741. The van der Waals surface area contributed by atoms with Crippen LogP contribution >= 0.6 is 0 Å². The van der Waals surface area contributed by atoms with Gasteiger partial charge in [-0.1, -0.05) is 18.2 Å². The van der Waals surface area contributed by atoms with Crippen molar-refractivity contribution in [2.45, 2.75) is 0 Å². The minimum Gasteiger partial charge on any atom is -0.312 e. The second kappa shape index (κ2) is 5.00. The molecule has 0 bridgehead atoms. The summed E-state index contributed by atoms with van der Waals surface area (Å²) in [6, 6.07) is 8.19. The lowest BCUT2D eigenvalue weighted by molar-refractivity contribution is 0.262. The lowest BCUT2D eigenvalue weighted by Gasteiger charge is -2.06. The lowest BCUT2D eigenvalue weighted by atomic mass is 10.3. The fraction of sp³-hybridized carbons (Fsp3) is 0. The molecule has 92 valence electrons. The van der Waals surface area contributed by atoms with Gasteiger partial charge in [-0.2, -0.15) is 0 Å². The minimum absolute atomic E-state index is 0.0389. The van der Waals surface area contributed by atoms with Gasteiger partial charge in [0.05, 0.1) is 0 Å². The molecule has 0 unspecified atom stereocenters. The molecule has 0 aliphatic heterocycles. The number of nitrogens with one attached hydrogen (secondary N) is 4. The number of amides is 2. The maximum atomic E-state index is 11.6. The van der Waals surface area contributed by atoms with Crippen LogP contribution in [0.4, 0.5) is 16.2 Å². The van der Waals surface area contributed by atoms with E-state index in [0.717, 1.165) is 6.20 Å². The number of carbonyl (C=O) groups is 1. The predicted octanol–water partition coefficient (Wildman–Crippen LogP) is 0.707. The van der Waals surface area contributed by atoms with Gasteiger partial charge in [0.2, 0.25) is 0 Å². The smallest absolute Gasteiger partial charge is 0.312 e. The van der Waals surface area contributed by atoms with Crippen molar-refractivity contribution in [1.82, 2.24) is 9.97 Å². The predicted molar refractivity (Wildman–Crippen MR) is 66.8 cm³/mol. The lowest BCUT2D eigenvalue weighted by Crippen LogP contribution is -2.28. The first-order chi connectivity index (χ1) is 8.65. The third kappa shape index (κ3) is 2.85. The number of aromatic amines is 2. The molecule has 18 heavy (non-hydrogen) atoms. The van der Waals surface area contributed by atoms with E-state index in [9.17, 15) is 14.4 Å². The van der Waals surface area contributed by atoms with Crippen LogP contribution in [0.3, 0.4) is 0 Å². The maximum absolute atomic E-state index is 11.6. The minimum atomic E-state index is -0.665. The van der Waals surface area contributed by atoms with E-state index < -0.39 is 17.3 Å². The Bertz CT molecular complexity index is 660. The molecule has 7 nitrogen and oxygen atoms in total. The van der Waals surface area contributed by atoms with Crippen molar-refractivity contribution >= 4 is 17.4 Å². The number of H-pyrrole nitrogens is 2. The van der Waals surface area contributed by atoms with Gasteiger partial charge in [0.1, 0.15) is 5.69 Å². The second-order valence-corrected chi connectivity index (χ2v) is 3.43. The van der Waals surface area contributed by atoms with Crippen LogP contribution in [0.1, 0.15) is 0 Å². The van der Waals surface area contributed by atoms with Crippen LogP contribution in [0.5, 0.6) is 0 Å². The molecule has 4 N–H and O–H groups in total. The quantitative estimate of drug-likeness (QED) is 0.626. The first kappa shape index (κ1) is 11.6. The van der Waals surface area contributed by atoms with Crippen LogP contribution in [0.2, 0.25) is 0 Å². The van der Waals surface area contributed by atoms with Crippen molar-refractivity contribution in [2.75, 3.05) is 10.6 Å². The van der Waals surface area contributed by atoms with E-state index in [4.69, 9.17) is 0 Å². The zero-order valence-corrected chi connectivity index (χ0v) is 9.19. The van der Waals surface area contributed by atoms with E-state index in [1.54, 1.807) is 24.3 Å². The molecular weight excluding hydrogens is 236 g/mol. The van der Waals surface area contributed by atoms with Crippen molar-refractivity contribution < 1.29 is 4.79 Å². The molecule has 0 aliphatic rings. The summed E-state index contributed by atoms with van der Waals surface area (Å²) >= 11 is 0. The molecule has 0 fully saturated rings. The molecule has 0 radical (unpaired) electrons. The highest BCUT2D eigenvalue weighted by molar-refractivity contribution is 5.99. The van der Waals surface area contributed by atoms with Gasteiger partial charge < -0.3 is 15.6 Å². The SMILES string of the molecule is O=C(Nc1ccccc1)Nc1c[nH]c(=O)[nH]c1=O. The fourth-order valence-electron chi connectivity index (χ4n) is 1.31. The molecule has 7 heteroatoms. The maximum Gasteiger partial charge on any atom is 0.325 e. The molecular formula is C11H10N4O3. The van der Waals surface area contributed by atoms with E-state index in [2.05, 4.69) is 15.6 Å². The number of rotatable bonds is 2. The van der Waals surface area contributed by atoms with E-state index >= 15 is 0 Å². The average Bonchev–Trinajstić information content (AvgIpc) is 2.34. The summed E-state index contributed by atoms with van der Waals surface area (Å²) in [6.45, 7) is 0. The number of urea groups is 1. The van der Waals surface area contributed by atoms with E-state index in [1.165, 1.54) is 0 Å². The number of carbonyl (C=O) groups excluding carboxylic acids is 1. The number of hydrogen-bond donors (Lipinski definition) is 4. The second-order valence-electron chi connectivity index (χ2n) is 3.43. The van der Waals surface area contributed by atoms with Gasteiger partial charge in [-0.25, -0.2) is 9.59 Å². The third-order valence-corrected chi connectivity index (χ3v) is 2.10. The molecule has 2 aromatic rings. The van der Waals surface area contributed by atoms with Crippen molar-refractivity contribution in [2.24, 2.45) is 0 Å². The van der Waals surface area contributed by atoms with Crippen LogP contribution in [0.15, 0.2) is 46.1 Å². The standard InChI is InChI=1S/C11H10N4O3/c16-9-8(6-12-10(17)15-9)14-11(18)13-7-4-2-1-3-5-7/h1-6H,(H2,13,14,18)(H2,12,15,16,17). The summed E-state index contributed by atoms with van der Waals surface area (Å²) in [5.74, 6) is 0. The van der Waals surface area contributed by atoms with Gasteiger partial charge in [-0.05, 0) is 12.1 Å². The first-order valence-corrected chi connectivity index (χ1v) is 5.10. The zero-order chi connectivity index (χ0) is 13.0. The molecule has 2 rings (SSSR count). The first-order valence-electron chi connectivity index (χ1n) is 5.10. The normalized spacial score (nSPS) is 9.78.